The van der Waals surface area contributed by atoms with Gasteiger partial charge in [0.25, 0.3) is 0 Å². The molecule has 1 N–H and O–H groups in total. The van der Waals surface area contributed by atoms with E-state index in [0.717, 1.165) is 43.4 Å². The average Bonchev–Trinajstić information content (AvgIpc) is 2.62. The fraction of sp³-hybridized carbons (Fsp3) is 0.444. The Morgan fingerprint density at radius 2 is 2.00 bits per heavy atom. The third kappa shape index (κ3) is 3.66. The third-order valence-corrected chi connectivity index (χ3v) is 4.33. The van der Waals surface area contributed by atoms with Gasteiger partial charge in [-0.15, -0.1) is 0 Å². The Labute approximate surface area is 143 Å². The molecule has 1 aromatic heterocycles. The number of benzene rings is 1. The van der Waals surface area contributed by atoms with Crippen molar-refractivity contribution in [3.63, 3.8) is 0 Å². The van der Waals surface area contributed by atoms with Crippen LogP contribution in [0.5, 0.6) is 5.75 Å². The molecule has 24 heavy (non-hydrogen) atoms. The van der Waals surface area contributed by atoms with Gasteiger partial charge in [-0.3, -0.25) is 4.90 Å². The average molecular weight is 327 g/mol. The smallest absolute Gasteiger partial charge is 0.224 e. The molecule has 6 heteroatoms. The van der Waals surface area contributed by atoms with Gasteiger partial charge < -0.3 is 15.0 Å². The summed E-state index contributed by atoms with van der Waals surface area (Å²) in [6.45, 7) is 3.72. The zero-order valence-electron chi connectivity index (χ0n) is 14.6. The number of aromatic nitrogens is 2. The number of hydrogen-bond donors (Lipinski definition) is 1. The van der Waals surface area contributed by atoms with E-state index in [1.165, 1.54) is 5.56 Å². The van der Waals surface area contributed by atoms with Gasteiger partial charge in [0.1, 0.15) is 5.75 Å². The fourth-order valence-corrected chi connectivity index (χ4v) is 3.08. The Bertz CT molecular complexity index is 659. The topological polar surface area (TPSA) is 53.5 Å². The number of nitrogens with zero attached hydrogens (tertiary/aromatic N) is 4. The van der Waals surface area contributed by atoms with E-state index in [4.69, 9.17) is 4.74 Å². The highest BCUT2D eigenvalue weighted by atomic mass is 16.5. The molecule has 6 nitrogen and oxygen atoms in total. The molecular weight excluding hydrogens is 302 g/mol. The van der Waals surface area contributed by atoms with Crippen molar-refractivity contribution in [1.82, 2.24) is 20.2 Å². The molecular formula is C18H25N5O. The predicted molar refractivity (Wildman–Crippen MR) is 95.4 cm³/mol. The molecule has 0 aliphatic carbocycles. The maximum Gasteiger partial charge on any atom is 0.224 e. The van der Waals surface area contributed by atoms with Crippen molar-refractivity contribution in [1.29, 1.82) is 0 Å². The molecule has 1 aliphatic rings. The lowest BCUT2D eigenvalue weighted by molar-refractivity contribution is 0.150. The van der Waals surface area contributed by atoms with Gasteiger partial charge >= 0.3 is 0 Å². The van der Waals surface area contributed by atoms with E-state index in [-0.39, 0.29) is 6.04 Å². The zero-order valence-corrected chi connectivity index (χ0v) is 14.6. The molecule has 2 heterocycles. The molecule has 1 saturated heterocycles. The lowest BCUT2D eigenvalue weighted by atomic mass is 10.0. The van der Waals surface area contributed by atoms with E-state index >= 15 is 0 Å². The second-order valence-electron chi connectivity index (χ2n) is 6.22. The number of ether oxygens (including phenoxy) is 1. The number of nitrogens with one attached hydrogen (secondary N) is 1. The van der Waals surface area contributed by atoms with Crippen molar-refractivity contribution < 1.29 is 4.74 Å². The second-order valence-corrected chi connectivity index (χ2v) is 6.22. The van der Waals surface area contributed by atoms with Gasteiger partial charge in [-0.25, -0.2) is 9.97 Å². The first kappa shape index (κ1) is 16.7. The van der Waals surface area contributed by atoms with Crippen LogP contribution in [0.1, 0.15) is 17.2 Å². The Morgan fingerprint density at radius 1 is 1.25 bits per heavy atom. The van der Waals surface area contributed by atoms with Crippen molar-refractivity contribution in [3.05, 3.63) is 47.8 Å². The fourth-order valence-electron chi connectivity index (χ4n) is 3.08. The van der Waals surface area contributed by atoms with Gasteiger partial charge in [0.2, 0.25) is 5.95 Å². The lowest BCUT2D eigenvalue weighted by Crippen LogP contribution is -2.45. The summed E-state index contributed by atoms with van der Waals surface area (Å²) in [5.41, 5.74) is 2.35. The largest absolute Gasteiger partial charge is 0.496 e. The first-order valence-electron chi connectivity index (χ1n) is 8.25. The summed E-state index contributed by atoms with van der Waals surface area (Å²) < 4.78 is 5.55. The highest BCUT2D eigenvalue weighted by molar-refractivity contribution is 5.36. The van der Waals surface area contributed by atoms with Gasteiger partial charge in [0.05, 0.1) is 13.2 Å². The van der Waals surface area contributed by atoms with Crippen LogP contribution in [0.15, 0.2) is 36.7 Å². The molecule has 1 aromatic carbocycles. The molecule has 3 rings (SSSR count). The zero-order chi connectivity index (χ0) is 16.9. The molecule has 1 aliphatic heterocycles. The van der Waals surface area contributed by atoms with Crippen LogP contribution in [0.4, 0.5) is 5.95 Å². The van der Waals surface area contributed by atoms with E-state index in [2.05, 4.69) is 32.3 Å². The van der Waals surface area contributed by atoms with Crippen LogP contribution < -0.4 is 15.0 Å². The normalized spacial score (nSPS) is 18.4. The molecule has 2 aromatic rings. The van der Waals surface area contributed by atoms with Crippen molar-refractivity contribution >= 4 is 5.95 Å². The molecule has 1 unspecified atom stereocenters. The SMILES string of the molecule is COc1ccccc1C1CNCCN1Cc1cnc(N(C)C)nc1. The molecule has 0 radical (unpaired) electrons. The van der Waals surface area contributed by atoms with E-state index < -0.39 is 0 Å². The maximum atomic E-state index is 5.55. The predicted octanol–water partition coefficient (Wildman–Crippen LogP) is 1.70. The van der Waals surface area contributed by atoms with Gasteiger partial charge in [0.15, 0.2) is 0 Å². The number of anilines is 1. The number of hydrogen-bond acceptors (Lipinski definition) is 6. The number of rotatable bonds is 5. The van der Waals surface area contributed by atoms with Crippen molar-refractivity contribution in [2.24, 2.45) is 0 Å². The summed E-state index contributed by atoms with van der Waals surface area (Å²) in [4.78, 5) is 13.2. The lowest BCUT2D eigenvalue weighted by Gasteiger charge is -2.37. The highest BCUT2D eigenvalue weighted by Gasteiger charge is 2.26. The number of piperazine rings is 1. The Hall–Kier alpha value is -2.18. The molecule has 0 bridgehead atoms. The number of methoxy groups -OCH3 is 1. The van der Waals surface area contributed by atoms with Crippen LogP contribution in [-0.4, -0.2) is 55.7 Å². The van der Waals surface area contributed by atoms with E-state index in [0.29, 0.717) is 0 Å². The van der Waals surface area contributed by atoms with Crippen LogP contribution in [0.3, 0.4) is 0 Å². The summed E-state index contributed by atoms with van der Waals surface area (Å²) >= 11 is 0. The molecule has 1 atom stereocenters. The van der Waals surface area contributed by atoms with Crippen LogP contribution in [0.25, 0.3) is 0 Å². The summed E-state index contributed by atoms with van der Waals surface area (Å²) in [5, 5.41) is 3.49. The standard InChI is InChI=1S/C18H25N5O/c1-22(2)18-20-10-14(11-21-18)13-23-9-8-19-12-16(23)15-6-4-5-7-17(15)24-3/h4-7,10-11,16,19H,8-9,12-13H2,1-3H3. The van der Waals surface area contributed by atoms with Crippen molar-refractivity contribution in [2.75, 3.05) is 45.7 Å². The third-order valence-electron chi connectivity index (χ3n) is 4.33. The highest BCUT2D eigenvalue weighted by Crippen LogP contribution is 2.31. The van der Waals surface area contributed by atoms with Crippen LogP contribution in [0.2, 0.25) is 0 Å². The van der Waals surface area contributed by atoms with Crippen molar-refractivity contribution in [3.8, 4) is 5.75 Å². The monoisotopic (exact) mass is 327 g/mol. The summed E-state index contributed by atoms with van der Waals surface area (Å²) in [7, 11) is 5.62. The van der Waals surface area contributed by atoms with Gasteiger partial charge in [-0.2, -0.15) is 0 Å². The van der Waals surface area contributed by atoms with E-state index in [9.17, 15) is 0 Å². The summed E-state index contributed by atoms with van der Waals surface area (Å²) in [6.07, 6.45) is 3.84. The van der Waals surface area contributed by atoms with Gasteiger partial charge in [-0.1, -0.05) is 18.2 Å². The first-order chi connectivity index (χ1) is 11.7. The van der Waals surface area contributed by atoms with Crippen LogP contribution >= 0.6 is 0 Å². The molecule has 1 fully saturated rings. The Balaban J connectivity index is 1.79. The molecule has 0 saturated carbocycles. The molecule has 0 amide bonds. The summed E-state index contributed by atoms with van der Waals surface area (Å²) in [5.74, 6) is 1.68. The Morgan fingerprint density at radius 3 is 2.71 bits per heavy atom. The Kier molecular flexibility index (Phi) is 5.27. The van der Waals surface area contributed by atoms with E-state index in [1.54, 1.807) is 7.11 Å². The van der Waals surface area contributed by atoms with Gasteiger partial charge in [-0.05, 0) is 6.07 Å². The second kappa shape index (κ2) is 7.59. The van der Waals surface area contributed by atoms with Crippen molar-refractivity contribution in [2.45, 2.75) is 12.6 Å². The van der Waals surface area contributed by atoms with Crippen LogP contribution in [0, 0.1) is 0 Å². The summed E-state index contributed by atoms with van der Waals surface area (Å²) in [6, 6.07) is 8.53. The number of para-hydroxylation sites is 1. The molecule has 128 valence electrons. The van der Waals surface area contributed by atoms with E-state index in [1.807, 2.05) is 43.5 Å². The quantitative estimate of drug-likeness (QED) is 0.902. The minimum atomic E-state index is 0.281. The minimum Gasteiger partial charge on any atom is -0.496 e. The van der Waals surface area contributed by atoms with Gasteiger partial charge in [0, 0.05) is 63.8 Å². The maximum absolute atomic E-state index is 5.55. The molecule has 0 spiro atoms. The van der Waals surface area contributed by atoms with Crippen LogP contribution in [-0.2, 0) is 6.54 Å². The minimum absolute atomic E-state index is 0.281. The first-order valence-corrected chi connectivity index (χ1v) is 8.25.